The topological polar surface area (TPSA) is 21.3 Å². The summed E-state index contributed by atoms with van der Waals surface area (Å²) >= 11 is 0. The molecular formula is C55H38N2O. The van der Waals surface area contributed by atoms with Gasteiger partial charge < -0.3 is 13.9 Å². The molecule has 0 saturated carbocycles. The van der Waals surface area contributed by atoms with Crippen molar-refractivity contribution < 1.29 is 4.42 Å². The van der Waals surface area contributed by atoms with Crippen molar-refractivity contribution in [3.63, 3.8) is 0 Å². The van der Waals surface area contributed by atoms with E-state index in [1.54, 1.807) is 0 Å². The SMILES string of the molecule is CC12C=CC(c3ccc4oc5ccc(-c6cccc(-n7c8ccccc8c8ccccc87)c6)cc5c4c3)=CC1c1cc(-c3ccccc3)ccc1N2c1ccccc1. The minimum Gasteiger partial charge on any atom is -0.456 e. The average Bonchev–Trinajstić information content (AvgIpc) is 3.91. The van der Waals surface area contributed by atoms with Crippen molar-refractivity contribution in [1.82, 2.24) is 4.57 Å². The number of furan rings is 1. The second kappa shape index (κ2) is 12.6. The largest absolute Gasteiger partial charge is 0.456 e. The van der Waals surface area contributed by atoms with Crippen molar-refractivity contribution in [2.45, 2.75) is 18.4 Å². The molecule has 1 aliphatic heterocycles. The maximum Gasteiger partial charge on any atom is 0.135 e. The van der Waals surface area contributed by atoms with Gasteiger partial charge >= 0.3 is 0 Å². The zero-order valence-corrected chi connectivity index (χ0v) is 32.0. The van der Waals surface area contributed by atoms with Crippen LogP contribution in [0.3, 0.4) is 0 Å². The number of fused-ring (bicyclic) bond motifs is 9. The lowest BCUT2D eigenvalue weighted by Crippen LogP contribution is -2.42. The third kappa shape index (κ3) is 4.93. The first-order valence-corrected chi connectivity index (χ1v) is 20.1. The van der Waals surface area contributed by atoms with E-state index in [9.17, 15) is 0 Å². The molecule has 2 aromatic heterocycles. The van der Waals surface area contributed by atoms with Crippen LogP contribution in [-0.4, -0.2) is 10.1 Å². The first kappa shape index (κ1) is 32.8. The van der Waals surface area contributed by atoms with E-state index >= 15 is 0 Å². The van der Waals surface area contributed by atoms with Gasteiger partial charge in [0.05, 0.1) is 16.6 Å². The molecule has 8 aromatic carbocycles. The Morgan fingerprint density at radius 1 is 0.466 bits per heavy atom. The van der Waals surface area contributed by atoms with Crippen molar-refractivity contribution in [3.05, 3.63) is 217 Å². The van der Waals surface area contributed by atoms with Gasteiger partial charge in [0.15, 0.2) is 0 Å². The van der Waals surface area contributed by atoms with E-state index in [1.807, 2.05) is 0 Å². The quantitative estimate of drug-likeness (QED) is 0.175. The third-order valence-corrected chi connectivity index (χ3v) is 12.6. The second-order valence-corrected chi connectivity index (χ2v) is 15.9. The number of allylic oxidation sites excluding steroid dienone is 2. The highest BCUT2D eigenvalue weighted by atomic mass is 16.3. The maximum atomic E-state index is 6.47. The fourth-order valence-corrected chi connectivity index (χ4v) is 9.81. The van der Waals surface area contributed by atoms with Crippen molar-refractivity contribution >= 4 is 60.7 Å². The molecule has 0 saturated heterocycles. The Balaban J connectivity index is 0.952. The molecule has 12 rings (SSSR count). The third-order valence-electron chi connectivity index (χ3n) is 12.6. The van der Waals surface area contributed by atoms with Crippen molar-refractivity contribution in [2.75, 3.05) is 4.90 Å². The summed E-state index contributed by atoms with van der Waals surface area (Å²) in [5.41, 5.74) is 16.1. The standard InChI is InChI=1S/C55H38N2O/c1-55-30-29-41(35-49(55)48-34-38(36-13-4-2-5-14-36)23-26-52(48)57(55)42-16-6-3-7-17-42)40-25-28-54-47(33-40)46-32-39(24-27-53(46)58-54)37-15-12-18-43(31-37)56-50-21-10-8-19-44(50)45-20-9-11-22-51(45)56/h2-35,49H,1H3. The van der Waals surface area contributed by atoms with Crippen LogP contribution in [-0.2, 0) is 0 Å². The van der Waals surface area contributed by atoms with E-state index < -0.39 is 0 Å². The van der Waals surface area contributed by atoms with E-state index in [0.717, 1.165) is 33.2 Å². The minimum atomic E-state index is -0.266. The van der Waals surface area contributed by atoms with Crippen LogP contribution in [0.5, 0.6) is 0 Å². The highest BCUT2D eigenvalue weighted by molar-refractivity contribution is 6.10. The Morgan fingerprint density at radius 2 is 1.03 bits per heavy atom. The van der Waals surface area contributed by atoms with Gasteiger partial charge in [-0.2, -0.15) is 0 Å². The molecule has 0 spiro atoms. The number of hydrogen-bond donors (Lipinski definition) is 0. The lowest BCUT2D eigenvalue weighted by Gasteiger charge is -2.40. The maximum absolute atomic E-state index is 6.47. The number of rotatable bonds is 5. The van der Waals surface area contributed by atoms with Gasteiger partial charge in [-0.25, -0.2) is 0 Å². The van der Waals surface area contributed by atoms with E-state index in [-0.39, 0.29) is 11.5 Å². The first-order valence-electron chi connectivity index (χ1n) is 20.1. The van der Waals surface area contributed by atoms with Crippen LogP contribution < -0.4 is 4.90 Å². The van der Waals surface area contributed by atoms with E-state index in [4.69, 9.17) is 4.42 Å². The predicted molar refractivity (Wildman–Crippen MR) is 242 cm³/mol. The Morgan fingerprint density at radius 3 is 1.78 bits per heavy atom. The van der Waals surface area contributed by atoms with Gasteiger partial charge in [-0.15, -0.1) is 0 Å². The summed E-state index contributed by atoms with van der Waals surface area (Å²) < 4.78 is 8.85. The molecule has 2 atom stereocenters. The van der Waals surface area contributed by atoms with E-state index in [0.29, 0.717) is 0 Å². The average molecular weight is 743 g/mol. The molecule has 1 aliphatic carbocycles. The summed E-state index contributed by atoms with van der Waals surface area (Å²) in [6.07, 6.45) is 7.24. The van der Waals surface area contributed by atoms with Crippen LogP contribution in [0, 0.1) is 0 Å². The van der Waals surface area contributed by atoms with Gasteiger partial charge in [0.1, 0.15) is 11.2 Å². The van der Waals surface area contributed by atoms with Gasteiger partial charge in [0, 0.05) is 44.5 Å². The van der Waals surface area contributed by atoms with Crippen LogP contribution in [0.15, 0.2) is 211 Å². The van der Waals surface area contributed by atoms with Gasteiger partial charge in [0.25, 0.3) is 0 Å². The molecule has 10 aromatic rings. The molecule has 3 heterocycles. The smallest absolute Gasteiger partial charge is 0.135 e. The molecule has 58 heavy (non-hydrogen) atoms. The van der Waals surface area contributed by atoms with Crippen LogP contribution in [0.25, 0.3) is 77.3 Å². The van der Waals surface area contributed by atoms with Gasteiger partial charge in [-0.3, -0.25) is 0 Å². The molecule has 2 unspecified atom stereocenters. The fraction of sp³-hybridized carbons (Fsp3) is 0.0545. The molecule has 0 fully saturated rings. The normalized spacial score (nSPS) is 17.3. The fourth-order valence-electron chi connectivity index (χ4n) is 9.81. The number of nitrogens with zero attached hydrogens (tertiary/aromatic N) is 2. The Bertz CT molecular complexity index is 3260. The molecule has 0 amide bonds. The zero-order valence-electron chi connectivity index (χ0n) is 32.0. The highest BCUT2D eigenvalue weighted by Crippen LogP contribution is 2.56. The zero-order chi connectivity index (χ0) is 38.4. The lowest BCUT2D eigenvalue weighted by molar-refractivity contribution is 0.544. The molecule has 274 valence electrons. The summed E-state index contributed by atoms with van der Waals surface area (Å²) in [7, 11) is 0. The monoisotopic (exact) mass is 742 g/mol. The molecule has 0 N–H and O–H groups in total. The van der Waals surface area contributed by atoms with Crippen LogP contribution >= 0.6 is 0 Å². The Hall–Kier alpha value is -7.36. The number of benzene rings is 8. The lowest BCUT2D eigenvalue weighted by atomic mass is 9.77. The van der Waals surface area contributed by atoms with Gasteiger partial charge in [-0.05, 0) is 119 Å². The summed E-state index contributed by atoms with van der Waals surface area (Å²) in [6.45, 7) is 2.38. The highest BCUT2D eigenvalue weighted by Gasteiger charge is 2.47. The second-order valence-electron chi connectivity index (χ2n) is 15.9. The van der Waals surface area contributed by atoms with Crippen LogP contribution in [0.1, 0.15) is 24.0 Å². The molecule has 3 nitrogen and oxygen atoms in total. The van der Waals surface area contributed by atoms with Crippen LogP contribution in [0.4, 0.5) is 11.4 Å². The van der Waals surface area contributed by atoms with Gasteiger partial charge in [0.2, 0.25) is 0 Å². The summed E-state index contributed by atoms with van der Waals surface area (Å²) in [6, 6.07) is 68.1. The summed E-state index contributed by atoms with van der Waals surface area (Å²) in [5, 5.41) is 4.77. The molecule has 3 heteroatoms. The predicted octanol–water partition coefficient (Wildman–Crippen LogP) is 14.7. The van der Waals surface area contributed by atoms with Crippen molar-refractivity contribution in [1.29, 1.82) is 0 Å². The minimum absolute atomic E-state index is 0.150. The molecular weight excluding hydrogens is 705 g/mol. The summed E-state index contributed by atoms with van der Waals surface area (Å²) in [5.74, 6) is 0.150. The Kier molecular flexibility index (Phi) is 7.12. The first-order chi connectivity index (χ1) is 28.6. The number of aromatic nitrogens is 1. The van der Waals surface area contributed by atoms with Crippen molar-refractivity contribution in [3.8, 4) is 27.9 Å². The number of anilines is 2. The van der Waals surface area contributed by atoms with Crippen molar-refractivity contribution in [2.24, 2.45) is 0 Å². The molecule has 2 aliphatic rings. The van der Waals surface area contributed by atoms with E-state index in [1.165, 1.54) is 66.6 Å². The van der Waals surface area contributed by atoms with E-state index in [2.05, 4.69) is 223 Å². The number of para-hydroxylation sites is 3. The van der Waals surface area contributed by atoms with Crippen LogP contribution in [0.2, 0.25) is 0 Å². The Labute approximate surface area is 337 Å². The molecule has 0 radical (unpaired) electrons. The van der Waals surface area contributed by atoms with Gasteiger partial charge in [-0.1, -0.05) is 133 Å². The summed E-state index contributed by atoms with van der Waals surface area (Å²) in [4.78, 5) is 2.52. The molecule has 0 bridgehead atoms. The number of hydrogen-bond acceptors (Lipinski definition) is 2.